The van der Waals surface area contributed by atoms with E-state index in [0.717, 1.165) is 58.0 Å². The van der Waals surface area contributed by atoms with Crippen LogP contribution in [0.15, 0.2) is 78.9 Å². The third-order valence-electron chi connectivity index (χ3n) is 7.43. The largest absolute Gasteiger partial charge is 0.456 e. The fourth-order valence-electron chi connectivity index (χ4n) is 5.71. The molecule has 4 aromatic rings. The number of rotatable bonds is 5. The number of carbonyl (C=O) groups excluding carboxylic acids is 1. The van der Waals surface area contributed by atoms with E-state index in [0.29, 0.717) is 11.3 Å². The maximum absolute atomic E-state index is 13.1. The van der Waals surface area contributed by atoms with Gasteiger partial charge in [-0.25, -0.2) is 4.79 Å². The zero-order chi connectivity index (χ0) is 25.7. The number of fused-ring (bicyclic) bond motifs is 6. The Hall–Kier alpha value is -4.25. The summed E-state index contributed by atoms with van der Waals surface area (Å²) < 4.78 is 12.8. The van der Waals surface area contributed by atoms with Gasteiger partial charge in [0.05, 0.1) is 5.56 Å². The summed E-state index contributed by atoms with van der Waals surface area (Å²) >= 11 is 0. The number of carbonyl (C=O) groups is 1. The number of hydrogen-bond acceptors (Lipinski definition) is 5. The van der Waals surface area contributed by atoms with Crippen LogP contribution in [0.2, 0.25) is 0 Å². The molecule has 4 aromatic carbocycles. The van der Waals surface area contributed by atoms with Crippen molar-refractivity contribution in [2.24, 2.45) is 0 Å². The average Bonchev–Trinajstić information content (AvgIpc) is 3.19. The Morgan fingerprint density at radius 2 is 1.54 bits per heavy atom. The van der Waals surface area contributed by atoms with E-state index in [1.54, 1.807) is 0 Å². The monoisotopic (exact) mass is 490 g/mol. The van der Waals surface area contributed by atoms with Gasteiger partial charge in [0.1, 0.15) is 11.5 Å². The second-order valence-electron chi connectivity index (χ2n) is 9.73. The number of ether oxygens (including phenoxy) is 2. The molecule has 5 nitrogen and oxygen atoms in total. The zero-order valence-electron chi connectivity index (χ0n) is 21.6. The van der Waals surface area contributed by atoms with E-state index in [1.165, 1.54) is 5.69 Å². The summed E-state index contributed by atoms with van der Waals surface area (Å²) in [5.74, 6) is 1.10. The summed E-state index contributed by atoms with van der Waals surface area (Å²) in [6.45, 7) is 10.4. The molecule has 0 radical (unpaired) electrons. The Labute approximate surface area is 217 Å². The van der Waals surface area contributed by atoms with Crippen molar-refractivity contribution in [2.45, 2.75) is 33.3 Å². The van der Waals surface area contributed by atoms with Crippen LogP contribution in [0.4, 0.5) is 17.1 Å². The van der Waals surface area contributed by atoms with Gasteiger partial charge >= 0.3 is 5.97 Å². The number of esters is 1. The summed E-state index contributed by atoms with van der Waals surface area (Å²) in [6.07, 6.45) is 0. The molecule has 2 aliphatic heterocycles. The number of hydrogen-bond donors (Lipinski definition) is 1. The molecule has 0 bridgehead atoms. The van der Waals surface area contributed by atoms with Gasteiger partial charge in [0.15, 0.2) is 5.60 Å². The topological polar surface area (TPSA) is 50.8 Å². The van der Waals surface area contributed by atoms with Gasteiger partial charge in [0.2, 0.25) is 0 Å². The summed E-state index contributed by atoms with van der Waals surface area (Å²) in [4.78, 5) is 15.4. The molecular formula is C32H30N2O3. The van der Waals surface area contributed by atoms with E-state index in [9.17, 15) is 4.79 Å². The van der Waals surface area contributed by atoms with Crippen LogP contribution in [0, 0.1) is 13.8 Å². The lowest BCUT2D eigenvalue weighted by molar-refractivity contribution is 0.0224. The smallest absolute Gasteiger partial charge is 0.340 e. The SMILES string of the molecule is CCN(CC)c1ccc(Nc2ccc3c(c2)Oc2c(C)cc(C)cc2C32OC(=O)c3ccccc32)cc1. The summed E-state index contributed by atoms with van der Waals surface area (Å²) in [7, 11) is 0. The molecule has 0 aliphatic carbocycles. The van der Waals surface area contributed by atoms with Crippen LogP contribution in [0.25, 0.3) is 0 Å². The van der Waals surface area contributed by atoms with Crippen molar-refractivity contribution in [1.29, 1.82) is 0 Å². The van der Waals surface area contributed by atoms with E-state index in [1.807, 2.05) is 49.4 Å². The molecular weight excluding hydrogens is 460 g/mol. The van der Waals surface area contributed by atoms with E-state index < -0.39 is 5.60 Å². The molecule has 6 rings (SSSR count). The molecule has 1 spiro atoms. The maximum atomic E-state index is 13.1. The predicted octanol–water partition coefficient (Wildman–Crippen LogP) is 7.46. The fourth-order valence-corrected chi connectivity index (χ4v) is 5.71. The number of anilines is 3. The van der Waals surface area contributed by atoms with Gasteiger partial charge in [-0.15, -0.1) is 0 Å². The molecule has 0 fully saturated rings. The first-order valence-electron chi connectivity index (χ1n) is 12.8. The van der Waals surface area contributed by atoms with Gasteiger partial charge in [0.25, 0.3) is 0 Å². The van der Waals surface area contributed by atoms with Gasteiger partial charge in [-0.2, -0.15) is 0 Å². The van der Waals surface area contributed by atoms with Gasteiger partial charge in [-0.3, -0.25) is 0 Å². The van der Waals surface area contributed by atoms with Crippen LogP contribution in [0.5, 0.6) is 11.5 Å². The summed E-state index contributed by atoms with van der Waals surface area (Å²) in [5, 5.41) is 3.50. The third kappa shape index (κ3) is 3.57. The lowest BCUT2D eigenvalue weighted by atomic mass is 9.76. The third-order valence-corrected chi connectivity index (χ3v) is 7.43. The number of nitrogens with one attached hydrogen (secondary N) is 1. The van der Waals surface area contributed by atoms with Crippen molar-refractivity contribution in [3.63, 3.8) is 0 Å². The Kier molecular flexibility index (Phi) is 5.45. The molecule has 1 unspecified atom stereocenters. The second-order valence-corrected chi connectivity index (χ2v) is 9.73. The molecule has 2 heterocycles. The van der Waals surface area contributed by atoms with Gasteiger partial charge in [0, 0.05) is 52.9 Å². The Morgan fingerprint density at radius 3 is 2.30 bits per heavy atom. The fraction of sp³-hybridized carbons (Fsp3) is 0.219. The molecule has 1 N–H and O–H groups in total. The van der Waals surface area contributed by atoms with Crippen LogP contribution >= 0.6 is 0 Å². The number of aryl methyl sites for hydroxylation is 2. The van der Waals surface area contributed by atoms with Crippen molar-refractivity contribution in [3.8, 4) is 11.5 Å². The molecule has 37 heavy (non-hydrogen) atoms. The molecule has 0 amide bonds. The average molecular weight is 491 g/mol. The highest BCUT2D eigenvalue weighted by Crippen LogP contribution is 2.57. The van der Waals surface area contributed by atoms with E-state index in [-0.39, 0.29) is 5.97 Å². The van der Waals surface area contributed by atoms with Crippen molar-refractivity contribution < 1.29 is 14.3 Å². The van der Waals surface area contributed by atoms with Crippen LogP contribution in [0.3, 0.4) is 0 Å². The Bertz CT molecular complexity index is 1520. The Morgan fingerprint density at radius 1 is 0.811 bits per heavy atom. The quantitative estimate of drug-likeness (QED) is 0.294. The first kappa shape index (κ1) is 23.2. The van der Waals surface area contributed by atoms with Gasteiger partial charge in [-0.1, -0.05) is 29.8 Å². The summed E-state index contributed by atoms with van der Waals surface area (Å²) in [6, 6.07) is 26.3. The predicted molar refractivity (Wildman–Crippen MR) is 147 cm³/mol. The Balaban J connectivity index is 1.44. The van der Waals surface area contributed by atoms with Gasteiger partial charge < -0.3 is 19.7 Å². The van der Waals surface area contributed by atoms with Crippen molar-refractivity contribution in [3.05, 3.63) is 112 Å². The van der Waals surface area contributed by atoms with Crippen LogP contribution in [-0.4, -0.2) is 19.1 Å². The van der Waals surface area contributed by atoms with Crippen LogP contribution < -0.4 is 15.0 Å². The molecule has 2 aliphatic rings. The van der Waals surface area contributed by atoms with Crippen molar-refractivity contribution >= 4 is 23.0 Å². The van der Waals surface area contributed by atoms with E-state index in [4.69, 9.17) is 9.47 Å². The minimum atomic E-state index is -1.04. The van der Waals surface area contributed by atoms with E-state index >= 15 is 0 Å². The summed E-state index contributed by atoms with van der Waals surface area (Å²) in [5.41, 5.74) is 7.28. The van der Waals surface area contributed by atoms with Gasteiger partial charge in [-0.05, 0) is 81.8 Å². The molecule has 186 valence electrons. The highest BCUT2D eigenvalue weighted by Gasteiger charge is 2.53. The minimum Gasteiger partial charge on any atom is -0.456 e. The second kappa shape index (κ2) is 8.70. The molecule has 5 heteroatoms. The first-order valence-corrected chi connectivity index (χ1v) is 12.8. The van der Waals surface area contributed by atoms with Crippen LogP contribution in [-0.2, 0) is 10.3 Å². The number of nitrogens with zero attached hydrogens (tertiary/aromatic N) is 1. The van der Waals surface area contributed by atoms with E-state index in [2.05, 4.69) is 67.4 Å². The minimum absolute atomic E-state index is 0.316. The molecule has 0 aromatic heterocycles. The van der Waals surface area contributed by atoms with Crippen molar-refractivity contribution in [2.75, 3.05) is 23.3 Å². The standard InChI is InChI=1S/C32H30N2O3/c1-5-34(6-2)24-14-11-22(12-15-24)33-23-13-16-27-29(19-23)36-30-21(4)17-20(3)18-28(30)32(27)26-10-8-7-9-25(26)31(35)37-32/h7-19,33H,5-6H2,1-4H3. The first-order chi connectivity index (χ1) is 17.9. The van der Waals surface area contributed by atoms with Crippen LogP contribution in [0.1, 0.15) is 52.0 Å². The molecule has 0 saturated heterocycles. The normalized spacial score (nSPS) is 16.9. The lowest BCUT2D eigenvalue weighted by Crippen LogP contribution is -2.33. The van der Waals surface area contributed by atoms with Crippen molar-refractivity contribution in [1.82, 2.24) is 0 Å². The number of benzene rings is 4. The zero-order valence-corrected chi connectivity index (χ0v) is 21.6. The highest BCUT2D eigenvalue weighted by molar-refractivity contribution is 5.97. The molecule has 1 atom stereocenters. The molecule has 0 saturated carbocycles. The lowest BCUT2D eigenvalue weighted by Gasteiger charge is -2.37. The highest BCUT2D eigenvalue weighted by atomic mass is 16.6. The maximum Gasteiger partial charge on any atom is 0.340 e.